The van der Waals surface area contributed by atoms with Gasteiger partial charge in [0.1, 0.15) is 0 Å². The largest absolute Gasteiger partial charge is 0.504 e. The Balaban J connectivity index is 1.94. The highest BCUT2D eigenvalue weighted by Gasteiger charge is 2.33. The van der Waals surface area contributed by atoms with Crippen LogP contribution in [0.2, 0.25) is 0 Å². The molecule has 1 aromatic heterocycles. The first-order valence-electron chi connectivity index (χ1n) is 10.2. The third-order valence-electron chi connectivity index (χ3n) is 5.20. The Morgan fingerprint density at radius 1 is 1.27 bits per heavy atom. The summed E-state index contributed by atoms with van der Waals surface area (Å²) in [6.45, 7) is 3.71. The van der Waals surface area contributed by atoms with Crippen molar-refractivity contribution >= 4 is 39.3 Å². The topological polar surface area (TPSA) is 90.1 Å². The molecule has 2 heterocycles. The molecular weight excluding hydrogens is 508 g/mol. The Bertz CT molecular complexity index is 1440. The number of hydrogen-bond acceptors (Lipinski definition) is 7. The Kier molecular flexibility index (Phi) is 6.53. The molecule has 1 atom stereocenters. The molecule has 1 unspecified atom stereocenters. The van der Waals surface area contributed by atoms with Gasteiger partial charge in [0, 0.05) is 4.47 Å². The number of allylic oxidation sites excluding steroid dienone is 1. The van der Waals surface area contributed by atoms with E-state index in [1.54, 1.807) is 32.1 Å². The minimum Gasteiger partial charge on any atom is -0.504 e. The van der Waals surface area contributed by atoms with Crippen molar-refractivity contribution in [2.75, 3.05) is 13.7 Å². The highest BCUT2D eigenvalue weighted by molar-refractivity contribution is 9.10. The number of ether oxygens (including phenoxy) is 2. The smallest absolute Gasteiger partial charge is 0.338 e. The first-order chi connectivity index (χ1) is 15.8. The fourth-order valence-corrected chi connectivity index (χ4v) is 5.00. The van der Waals surface area contributed by atoms with Gasteiger partial charge in [-0.1, -0.05) is 45.5 Å². The first kappa shape index (κ1) is 23.0. The van der Waals surface area contributed by atoms with Crippen molar-refractivity contribution in [3.63, 3.8) is 0 Å². The molecule has 0 aliphatic carbocycles. The van der Waals surface area contributed by atoms with E-state index >= 15 is 0 Å². The van der Waals surface area contributed by atoms with E-state index in [4.69, 9.17) is 9.47 Å². The maximum Gasteiger partial charge on any atom is 0.338 e. The van der Waals surface area contributed by atoms with E-state index in [9.17, 15) is 14.7 Å². The molecule has 2 aromatic carbocycles. The first-order valence-corrected chi connectivity index (χ1v) is 11.8. The number of fused-ring (bicyclic) bond motifs is 1. The van der Waals surface area contributed by atoms with Crippen molar-refractivity contribution < 1.29 is 19.4 Å². The molecule has 1 aliphatic heterocycles. The monoisotopic (exact) mass is 528 g/mol. The number of phenolic OH excluding ortho intramolecular Hbond substituents is 1. The lowest BCUT2D eigenvalue weighted by Crippen LogP contribution is -2.39. The van der Waals surface area contributed by atoms with Crippen molar-refractivity contribution in [3.8, 4) is 11.5 Å². The maximum atomic E-state index is 13.5. The number of benzene rings is 2. The third-order valence-corrected chi connectivity index (χ3v) is 6.72. The van der Waals surface area contributed by atoms with Gasteiger partial charge in [0.2, 0.25) is 0 Å². The second-order valence-corrected chi connectivity index (χ2v) is 9.21. The number of nitrogens with zero attached hydrogens (tertiary/aromatic N) is 2. The molecule has 7 nitrogen and oxygen atoms in total. The van der Waals surface area contributed by atoms with Gasteiger partial charge in [-0.2, -0.15) is 0 Å². The van der Waals surface area contributed by atoms with Gasteiger partial charge in [-0.05, 0) is 55.3 Å². The van der Waals surface area contributed by atoms with E-state index < -0.39 is 12.0 Å². The molecule has 170 valence electrons. The van der Waals surface area contributed by atoms with Gasteiger partial charge >= 0.3 is 5.97 Å². The molecule has 3 aromatic rings. The number of aromatic nitrogens is 1. The molecule has 0 bridgehead atoms. The molecule has 4 rings (SSSR count). The van der Waals surface area contributed by atoms with Crippen LogP contribution in [-0.4, -0.2) is 29.4 Å². The number of rotatable bonds is 5. The summed E-state index contributed by atoms with van der Waals surface area (Å²) in [6, 6.07) is 11.7. The Hall–Kier alpha value is -3.17. The van der Waals surface area contributed by atoms with Gasteiger partial charge in [-0.3, -0.25) is 9.36 Å². The van der Waals surface area contributed by atoms with E-state index in [-0.39, 0.29) is 17.9 Å². The van der Waals surface area contributed by atoms with Crippen LogP contribution in [0, 0.1) is 0 Å². The average molecular weight is 529 g/mol. The number of esters is 1. The summed E-state index contributed by atoms with van der Waals surface area (Å²) in [4.78, 5) is 31.5. The van der Waals surface area contributed by atoms with Crippen LogP contribution < -0.4 is 19.6 Å². The highest BCUT2D eigenvalue weighted by Crippen LogP contribution is 2.31. The van der Waals surface area contributed by atoms with Gasteiger partial charge in [-0.25, -0.2) is 9.79 Å². The van der Waals surface area contributed by atoms with E-state index in [0.717, 1.165) is 10.0 Å². The van der Waals surface area contributed by atoms with Gasteiger partial charge in [0.05, 0.1) is 35.6 Å². The molecule has 0 saturated heterocycles. The second-order valence-electron chi connectivity index (χ2n) is 7.29. The number of methoxy groups -OCH3 is 1. The SMILES string of the molecule is CCOC(=O)C1=C(C)N=c2s/c(=C/c3ccc(O)c(OC)c3)c(=O)n2C1c1ccc(Br)cc1. The van der Waals surface area contributed by atoms with Crippen LogP contribution in [0.4, 0.5) is 0 Å². The van der Waals surface area contributed by atoms with Crippen LogP contribution in [0.5, 0.6) is 11.5 Å². The molecule has 0 radical (unpaired) electrons. The minimum absolute atomic E-state index is 0.0149. The van der Waals surface area contributed by atoms with Crippen molar-refractivity contribution in [2.24, 2.45) is 4.99 Å². The van der Waals surface area contributed by atoms with E-state index in [1.165, 1.54) is 29.1 Å². The number of carbonyl (C=O) groups excluding carboxylic acids is 1. The lowest BCUT2D eigenvalue weighted by Gasteiger charge is -2.24. The number of carbonyl (C=O) groups is 1. The van der Waals surface area contributed by atoms with Crippen molar-refractivity contribution in [1.29, 1.82) is 0 Å². The summed E-state index contributed by atoms with van der Waals surface area (Å²) in [6.07, 6.45) is 1.72. The average Bonchev–Trinajstić information content (AvgIpc) is 3.09. The zero-order valence-corrected chi connectivity index (χ0v) is 20.6. The van der Waals surface area contributed by atoms with Gasteiger partial charge in [0.15, 0.2) is 16.3 Å². The Labute approximate surface area is 202 Å². The van der Waals surface area contributed by atoms with E-state index in [1.807, 2.05) is 24.3 Å². The van der Waals surface area contributed by atoms with Crippen molar-refractivity contribution in [2.45, 2.75) is 19.9 Å². The zero-order valence-electron chi connectivity index (χ0n) is 18.2. The zero-order chi connectivity index (χ0) is 23.7. The second kappa shape index (κ2) is 9.36. The van der Waals surface area contributed by atoms with Gasteiger partial charge in [0.25, 0.3) is 5.56 Å². The molecular formula is C24H21BrN2O5S. The molecule has 9 heteroatoms. The van der Waals surface area contributed by atoms with Crippen LogP contribution in [0.25, 0.3) is 6.08 Å². The standard InChI is InChI=1S/C24H21BrN2O5S/c1-4-32-23(30)20-13(2)26-24-27(21(20)15-6-8-16(25)9-7-15)22(29)19(33-24)12-14-5-10-17(28)18(11-14)31-3/h5-12,21,28H,4H2,1-3H3/b19-12+. The molecule has 0 saturated carbocycles. The lowest BCUT2D eigenvalue weighted by atomic mass is 9.96. The highest BCUT2D eigenvalue weighted by atomic mass is 79.9. The summed E-state index contributed by atoms with van der Waals surface area (Å²) in [5, 5.41) is 9.85. The minimum atomic E-state index is -0.662. The predicted octanol–water partition coefficient (Wildman–Crippen LogP) is 3.28. The van der Waals surface area contributed by atoms with Gasteiger partial charge in [-0.15, -0.1) is 0 Å². The molecule has 0 fully saturated rings. The van der Waals surface area contributed by atoms with Crippen LogP contribution in [0.3, 0.4) is 0 Å². The fourth-order valence-electron chi connectivity index (χ4n) is 3.69. The van der Waals surface area contributed by atoms with Crippen LogP contribution in [-0.2, 0) is 9.53 Å². The van der Waals surface area contributed by atoms with Gasteiger partial charge < -0.3 is 14.6 Å². The number of phenols is 1. The Morgan fingerprint density at radius 3 is 2.67 bits per heavy atom. The summed E-state index contributed by atoms with van der Waals surface area (Å²) >= 11 is 4.67. The lowest BCUT2D eigenvalue weighted by molar-refractivity contribution is -0.139. The quantitative estimate of drug-likeness (QED) is 0.513. The van der Waals surface area contributed by atoms with Crippen LogP contribution >= 0.6 is 27.3 Å². The number of hydrogen-bond donors (Lipinski definition) is 1. The molecule has 1 aliphatic rings. The summed E-state index contributed by atoms with van der Waals surface area (Å²) in [5.74, 6) is -0.171. The van der Waals surface area contributed by atoms with Crippen LogP contribution in [0.1, 0.15) is 31.0 Å². The summed E-state index contributed by atoms with van der Waals surface area (Å²) in [5.41, 5.74) is 2.05. The van der Waals surface area contributed by atoms with E-state index in [2.05, 4.69) is 20.9 Å². The molecule has 0 spiro atoms. The predicted molar refractivity (Wildman–Crippen MR) is 129 cm³/mol. The van der Waals surface area contributed by atoms with E-state index in [0.29, 0.717) is 31.9 Å². The molecule has 0 amide bonds. The number of thiazole rings is 1. The number of aromatic hydroxyl groups is 1. The fraction of sp³-hybridized carbons (Fsp3) is 0.208. The number of halogens is 1. The molecule has 1 N–H and O–H groups in total. The van der Waals surface area contributed by atoms with Crippen molar-refractivity contribution in [3.05, 3.63) is 89.0 Å². The Morgan fingerprint density at radius 2 is 2.00 bits per heavy atom. The molecule has 33 heavy (non-hydrogen) atoms. The summed E-state index contributed by atoms with van der Waals surface area (Å²) in [7, 11) is 1.46. The van der Waals surface area contributed by atoms with Crippen molar-refractivity contribution in [1.82, 2.24) is 4.57 Å². The maximum absolute atomic E-state index is 13.5. The van der Waals surface area contributed by atoms with Crippen LogP contribution in [0.15, 0.2) is 68.0 Å². The summed E-state index contributed by atoms with van der Waals surface area (Å²) < 4.78 is 13.3. The normalized spacial score (nSPS) is 15.8. The third kappa shape index (κ3) is 4.38.